The molecule has 0 heterocycles. The molecule has 2 N–H and O–H groups in total. The number of benzene rings is 1. The van der Waals surface area contributed by atoms with E-state index in [0.717, 1.165) is 6.07 Å². The average Bonchev–Trinajstić information content (AvgIpc) is 2.36. The third-order valence-electron chi connectivity index (χ3n) is 2.61. The molecule has 0 spiro atoms. The minimum Gasteiger partial charge on any atom is -0.469 e. The molecule has 1 aromatic carbocycles. The molecule has 0 atom stereocenters. The molecule has 0 amide bonds. The highest BCUT2D eigenvalue weighted by atomic mass is 32.2. The Bertz CT molecular complexity index is 557. The Morgan fingerprint density at radius 3 is 2.63 bits per heavy atom. The molecule has 0 unspecified atom stereocenters. The Labute approximate surface area is 111 Å². The summed E-state index contributed by atoms with van der Waals surface area (Å²) in [5, 5.41) is 0. The molecular weight excluding hydrogens is 273 g/mol. The SMILES string of the molecule is COC(=O)CCS(=O)(=O)Cc1cc(F)ccc1CN. The second-order valence-corrected chi connectivity index (χ2v) is 6.22. The van der Waals surface area contributed by atoms with E-state index in [9.17, 15) is 17.6 Å². The van der Waals surface area contributed by atoms with Crippen molar-refractivity contribution in [3.63, 3.8) is 0 Å². The van der Waals surface area contributed by atoms with Crippen molar-refractivity contribution in [2.24, 2.45) is 5.73 Å². The lowest BCUT2D eigenvalue weighted by molar-refractivity contribution is -0.140. The smallest absolute Gasteiger partial charge is 0.306 e. The van der Waals surface area contributed by atoms with E-state index in [-0.39, 0.29) is 24.5 Å². The highest BCUT2D eigenvalue weighted by Crippen LogP contribution is 2.15. The van der Waals surface area contributed by atoms with Gasteiger partial charge in [0.25, 0.3) is 0 Å². The maximum atomic E-state index is 13.1. The third-order valence-corrected chi connectivity index (χ3v) is 4.19. The fourth-order valence-electron chi connectivity index (χ4n) is 1.58. The van der Waals surface area contributed by atoms with Crippen molar-refractivity contribution >= 4 is 15.8 Å². The number of esters is 1. The van der Waals surface area contributed by atoms with E-state index in [4.69, 9.17) is 5.73 Å². The van der Waals surface area contributed by atoms with E-state index in [2.05, 4.69) is 4.74 Å². The average molecular weight is 289 g/mol. The molecule has 0 aliphatic carbocycles. The van der Waals surface area contributed by atoms with Gasteiger partial charge in [-0.15, -0.1) is 0 Å². The number of rotatable bonds is 6. The number of methoxy groups -OCH3 is 1. The molecule has 19 heavy (non-hydrogen) atoms. The Kier molecular flexibility index (Phi) is 5.44. The monoisotopic (exact) mass is 289 g/mol. The molecular formula is C12H16FNO4S. The van der Waals surface area contributed by atoms with Crippen LogP contribution in [0.1, 0.15) is 17.5 Å². The van der Waals surface area contributed by atoms with E-state index in [1.807, 2.05) is 0 Å². The maximum Gasteiger partial charge on any atom is 0.306 e. The Hall–Kier alpha value is -1.47. The number of halogens is 1. The summed E-state index contributed by atoms with van der Waals surface area (Å²) in [6.45, 7) is 0.127. The van der Waals surface area contributed by atoms with E-state index in [1.54, 1.807) is 0 Å². The maximum absolute atomic E-state index is 13.1. The molecule has 0 saturated carbocycles. The number of sulfone groups is 1. The van der Waals surface area contributed by atoms with Gasteiger partial charge in [0.15, 0.2) is 9.84 Å². The zero-order chi connectivity index (χ0) is 14.5. The molecule has 0 aromatic heterocycles. The van der Waals surface area contributed by atoms with Crippen LogP contribution >= 0.6 is 0 Å². The first kappa shape index (κ1) is 15.6. The predicted octanol–water partition coefficient (Wildman–Crippen LogP) is 0.762. The van der Waals surface area contributed by atoms with Crippen LogP contribution in [0.25, 0.3) is 0 Å². The van der Waals surface area contributed by atoms with Gasteiger partial charge in [-0.2, -0.15) is 0 Å². The van der Waals surface area contributed by atoms with Crippen LogP contribution in [0.2, 0.25) is 0 Å². The predicted molar refractivity (Wildman–Crippen MR) is 68.4 cm³/mol. The van der Waals surface area contributed by atoms with Crippen LogP contribution in [0.15, 0.2) is 18.2 Å². The van der Waals surface area contributed by atoms with Gasteiger partial charge >= 0.3 is 5.97 Å². The molecule has 106 valence electrons. The third kappa shape index (κ3) is 4.96. The van der Waals surface area contributed by atoms with Gasteiger partial charge < -0.3 is 10.5 Å². The summed E-state index contributed by atoms with van der Waals surface area (Å²) in [5.74, 6) is -1.79. The molecule has 1 rings (SSSR count). The van der Waals surface area contributed by atoms with E-state index >= 15 is 0 Å². The van der Waals surface area contributed by atoms with Gasteiger partial charge in [-0.25, -0.2) is 12.8 Å². The second-order valence-electron chi connectivity index (χ2n) is 4.04. The Balaban J connectivity index is 2.83. The van der Waals surface area contributed by atoms with E-state index < -0.39 is 21.6 Å². The summed E-state index contributed by atoms with van der Waals surface area (Å²) in [5.41, 5.74) is 6.37. The van der Waals surface area contributed by atoms with Crippen LogP contribution in [0, 0.1) is 5.82 Å². The Morgan fingerprint density at radius 2 is 2.05 bits per heavy atom. The fourth-order valence-corrected chi connectivity index (χ4v) is 2.94. The van der Waals surface area contributed by atoms with Crippen LogP contribution in [-0.4, -0.2) is 27.2 Å². The van der Waals surface area contributed by atoms with Crippen LogP contribution < -0.4 is 5.73 Å². The number of nitrogens with two attached hydrogens (primary N) is 1. The minimum absolute atomic E-state index is 0.127. The van der Waals surface area contributed by atoms with Crippen molar-refractivity contribution in [3.05, 3.63) is 35.1 Å². The van der Waals surface area contributed by atoms with E-state index in [0.29, 0.717) is 11.1 Å². The summed E-state index contributed by atoms with van der Waals surface area (Å²) < 4.78 is 41.2. The molecule has 1 aromatic rings. The van der Waals surface area contributed by atoms with Gasteiger partial charge in [0.05, 0.1) is 25.0 Å². The van der Waals surface area contributed by atoms with Crippen molar-refractivity contribution in [1.82, 2.24) is 0 Å². The molecule has 0 aliphatic heterocycles. The molecule has 7 heteroatoms. The van der Waals surface area contributed by atoms with Crippen molar-refractivity contribution in [2.45, 2.75) is 18.7 Å². The van der Waals surface area contributed by atoms with Gasteiger partial charge in [0, 0.05) is 6.54 Å². The largest absolute Gasteiger partial charge is 0.469 e. The first-order valence-electron chi connectivity index (χ1n) is 5.62. The van der Waals surface area contributed by atoms with Crippen molar-refractivity contribution in [2.75, 3.05) is 12.9 Å². The summed E-state index contributed by atoms with van der Waals surface area (Å²) in [7, 11) is -2.32. The van der Waals surface area contributed by atoms with Crippen LogP contribution in [0.4, 0.5) is 4.39 Å². The number of hydrogen-bond donors (Lipinski definition) is 1. The Morgan fingerprint density at radius 1 is 1.37 bits per heavy atom. The second kappa shape index (κ2) is 6.63. The molecule has 0 radical (unpaired) electrons. The van der Waals surface area contributed by atoms with Gasteiger partial charge in [0.2, 0.25) is 0 Å². The number of carbonyl (C=O) groups excluding carboxylic acids is 1. The molecule has 0 saturated heterocycles. The van der Waals surface area contributed by atoms with Crippen LogP contribution in [0.3, 0.4) is 0 Å². The van der Waals surface area contributed by atoms with Gasteiger partial charge in [-0.05, 0) is 23.3 Å². The standard InChI is InChI=1S/C12H16FNO4S/c1-18-12(15)4-5-19(16,17)8-10-6-11(13)3-2-9(10)7-14/h2-3,6H,4-5,7-8,14H2,1H3. The van der Waals surface area contributed by atoms with Crippen LogP contribution in [-0.2, 0) is 31.7 Å². The molecule has 0 bridgehead atoms. The lowest BCUT2D eigenvalue weighted by Crippen LogP contribution is -2.15. The number of ether oxygens (including phenoxy) is 1. The first-order chi connectivity index (χ1) is 8.88. The molecule has 0 aliphatic rings. The summed E-state index contributed by atoms with van der Waals surface area (Å²) in [6, 6.07) is 3.84. The topological polar surface area (TPSA) is 86.5 Å². The van der Waals surface area contributed by atoms with Gasteiger partial charge in [-0.3, -0.25) is 4.79 Å². The quantitative estimate of drug-likeness (QED) is 0.781. The summed E-state index contributed by atoms with van der Waals surface area (Å²) in [6.07, 6.45) is -0.216. The van der Waals surface area contributed by atoms with Crippen molar-refractivity contribution in [3.8, 4) is 0 Å². The van der Waals surface area contributed by atoms with Crippen molar-refractivity contribution < 1.29 is 22.3 Å². The molecule has 5 nitrogen and oxygen atoms in total. The van der Waals surface area contributed by atoms with Crippen LogP contribution in [0.5, 0.6) is 0 Å². The normalized spacial score (nSPS) is 11.3. The van der Waals surface area contributed by atoms with Crippen molar-refractivity contribution in [1.29, 1.82) is 0 Å². The van der Waals surface area contributed by atoms with Gasteiger partial charge in [-0.1, -0.05) is 6.07 Å². The summed E-state index contributed by atoms with van der Waals surface area (Å²) in [4.78, 5) is 10.9. The lowest BCUT2D eigenvalue weighted by Gasteiger charge is -2.08. The number of carbonyl (C=O) groups is 1. The van der Waals surface area contributed by atoms with Gasteiger partial charge in [0.1, 0.15) is 5.82 Å². The highest BCUT2D eigenvalue weighted by molar-refractivity contribution is 7.90. The minimum atomic E-state index is -3.51. The highest BCUT2D eigenvalue weighted by Gasteiger charge is 2.17. The fraction of sp³-hybridized carbons (Fsp3) is 0.417. The summed E-state index contributed by atoms with van der Waals surface area (Å²) >= 11 is 0. The number of hydrogen-bond acceptors (Lipinski definition) is 5. The lowest BCUT2D eigenvalue weighted by atomic mass is 10.1. The zero-order valence-corrected chi connectivity index (χ0v) is 11.4. The zero-order valence-electron chi connectivity index (χ0n) is 10.6. The molecule has 0 fully saturated rings. The first-order valence-corrected chi connectivity index (χ1v) is 7.44. The van der Waals surface area contributed by atoms with E-state index in [1.165, 1.54) is 19.2 Å².